The number of para-hydroxylation sites is 1. The Morgan fingerprint density at radius 3 is 2.59 bits per heavy atom. The van der Waals surface area contributed by atoms with Crippen molar-refractivity contribution in [2.24, 2.45) is 0 Å². The van der Waals surface area contributed by atoms with E-state index < -0.39 is 0 Å². The smallest absolute Gasteiger partial charge is 0.196 e. The fourth-order valence-corrected chi connectivity index (χ4v) is 4.80. The molecule has 1 N–H and O–H groups in total. The molecule has 5 rings (SSSR count). The van der Waals surface area contributed by atoms with Crippen LogP contribution in [-0.4, -0.2) is 43.4 Å². The van der Waals surface area contributed by atoms with E-state index in [0.717, 1.165) is 34.3 Å². The maximum Gasteiger partial charge on any atom is 0.196 e. The number of carbonyl (C=O) groups is 1. The third-order valence-corrected chi connectivity index (χ3v) is 6.65. The molecule has 2 aromatic carbocycles. The van der Waals surface area contributed by atoms with Gasteiger partial charge in [-0.05, 0) is 48.4 Å². The number of hydrogen-bond acceptors (Lipinski definition) is 6. The maximum absolute atomic E-state index is 13.2. The van der Waals surface area contributed by atoms with Crippen LogP contribution >= 0.6 is 11.8 Å². The molecule has 8 heteroatoms. The zero-order valence-corrected chi connectivity index (χ0v) is 19.7. The first-order chi connectivity index (χ1) is 16.7. The largest absolute Gasteiger partial charge is 0.497 e. The first-order valence-corrected chi connectivity index (χ1v) is 11.9. The summed E-state index contributed by atoms with van der Waals surface area (Å²) in [6.07, 6.45) is 6.16. The van der Waals surface area contributed by atoms with Crippen LogP contribution in [0.25, 0.3) is 28.0 Å². The second-order valence-electron chi connectivity index (χ2n) is 7.68. The number of aromatic amines is 1. The average Bonchev–Trinajstić information content (AvgIpc) is 3.52. The maximum atomic E-state index is 13.2. The van der Waals surface area contributed by atoms with Crippen LogP contribution < -0.4 is 4.74 Å². The van der Waals surface area contributed by atoms with Gasteiger partial charge >= 0.3 is 0 Å². The third kappa shape index (κ3) is 4.08. The van der Waals surface area contributed by atoms with E-state index in [2.05, 4.69) is 33.2 Å². The Balaban J connectivity index is 1.47. The van der Waals surface area contributed by atoms with Crippen molar-refractivity contribution in [2.45, 2.75) is 18.5 Å². The third-order valence-electron chi connectivity index (χ3n) is 5.72. The summed E-state index contributed by atoms with van der Waals surface area (Å²) in [6.45, 7) is 2.11. The minimum absolute atomic E-state index is 0.0410. The zero-order chi connectivity index (χ0) is 23.5. The number of Topliss-reactive ketones (excluding diaryl/α,β-unsaturated/α-hetero) is 1. The molecule has 0 aliphatic carbocycles. The number of H-pyrrole nitrogens is 1. The van der Waals surface area contributed by atoms with Crippen LogP contribution in [-0.2, 0) is 6.42 Å². The number of benzene rings is 2. The van der Waals surface area contributed by atoms with E-state index in [4.69, 9.17) is 4.74 Å². The molecule has 0 aliphatic heterocycles. The highest BCUT2D eigenvalue weighted by atomic mass is 32.2. The van der Waals surface area contributed by atoms with Crippen molar-refractivity contribution in [1.29, 1.82) is 0 Å². The second-order valence-corrected chi connectivity index (χ2v) is 8.63. The summed E-state index contributed by atoms with van der Waals surface area (Å²) in [7, 11) is 1.64. The minimum Gasteiger partial charge on any atom is -0.497 e. The average molecular weight is 470 g/mol. The molecule has 0 saturated carbocycles. The van der Waals surface area contributed by atoms with Crippen molar-refractivity contribution in [3.63, 3.8) is 0 Å². The Morgan fingerprint density at radius 2 is 1.85 bits per heavy atom. The SMILES string of the molecule is CCc1cccc2c(C(=O)CSc3nnc(-c4ccncc4)n3-c3ccc(OC)cc3)c[nH]c12. The van der Waals surface area contributed by atoms with E-state index in [1.165, 1.54) is 17.3 Å². The van der Waals surface area contributed by atoms with Gasteiger partial charge in [-0.1, -0.05) is 36.9 Å². The summed E-state index contributed by atoms with van der Waals surface area (Å²) in [6, 6.07) is 17.5. The molecule has 7 nitrogen and oxygen atoms in total. The van der Waals surface area contributed by atoms with Gasteiger partial charge in [0.15, 0.2) is 16.8 Å². The molecule has 0 fully saturated rings. The van der Waals surface area contributed by atoms with Gasteiger partial charge < -0.3 is 9.72 Å². The molecule has 5 aromatic rings. The zero-order valence-electron chi connectivity index (χ0n) is 18.9. The molecule has 170 valence electrons. The molecule has 0 spiro atoms. The lowest BCUT2D eigenvalue weighted by Gasteiger charge is -2.11. The first-order valence-electron chi connectivity index (χ1n) is 10.9. The Kier molecular flexibility index (Phi) is 6.14. The highest BCUT2D eigenvalue weighted by Gasteiger charge is 2.19. The van der Waals surface area contributed by atoms with Crippen LogP contribution in [0.3, 0.4) is 0 Å². The number of ketones is 1. The summed E-state index contributed by atoms with van der Waals surface area (Å²) < 4.78 is 7.26. The Hall–Kier alpha value is -3.91. The highest BCUT2D eigenvalue weighted by molar-refractivity contribution is 7.99. The molecule has 0 atom stereocenters. The van der Waals surface area contributed by atoms with E-state index >= 15 is 0 Å². The van der Waals surface area contributed by atoms with Crippen LogP contribution in [0, 0.1) is 0 Å². The van der Waals surface area contributed by atoms with Crippen LogP contribution in [0.2, 0.25) is 0 Å². The monoisotopic (exact) mass is 469 g/mol. The number of pyridine rings is 1. The van der Waals surface area contributed by atoms with Gasteiger partial charge in [0.05, 0.1) is 12.9 Å². The number of thioether (sulfide) groups is 1. The molecule has 0 saturated heterocycles. The van der Waals surface area contributed by atoms with Gasteiger partial charge in [0, 0.05) is 46.3 Å². The molecule has 0 radical (unpaired) electrons. The summed E-state index contributed by atoms with van der Waals surface area (Å²) in [5, 5.41) is 10.4. The summed E-state index contributed by atoms with van der Waals surface area (Å²) >= 11 is 1.37. The first kappa shape index (κ1) is 21.9. The lowest BCUT2D eigenvalue weighted by Crippen LogP contribution is -2.05. The van der Waals surface area contributed by atoms with Crippen LogP contribution in [0.1, 0.15) is 22.8 Å². The van der Waals surface area contributed by atoms with E-state index in [-0.39, 0.29) is 11.5 Å². The summed E-state index contributed by atoms with van der Waals surface area (Å²) in [5.74, 6) is 1.73. The molecule has 3 heterocycles. The van der Waals surface area contributed by atoms with E-state index in [0.29, 0.717) is 16.5 Å². The number of nitrogens with zero attached hydrogens (tertiary/aromatic N) is 4. The number of rotatable bonds is 8. The van der Waals surface area contributed by atoms with Crippen LogP contribution in [0.15, 0.2) is 78.3 Å². The molecule has 3 aromatic heterocycles. The number of methoxy groups -OCH3 is 1. The molecule has 0 bridgehead atoms. The van der Waals surface area contributed by atoms with E-state index in [9.17, 15) is 4.79 Å². The van der Waals surface area contributed by atoms with Gasteiger partial charge in [-0.2, -0.15) is 0 Å². The lowest BCUT2D eigenvalue weighted by molar-refractivity contribution is 0.102. The molecule has 34 heavy (non-hydrogen) atoms. The highest BCUT2D eigenvalue weighted by Crippen LogP contribution is 2.30. The molecular weight excluding hydrogens is 446 g/mol. The number of carbonyl (C=O) groups excluding carboxylic acids is 1. The van der Waals surface area contributed by atoms with Crippen molar-refractivity contribution in [3.8, 4) is 22.8 Å². The van der Waals surface area contributed by atoms with Crippen LogP contribution in [0.5, 0.6) is 5.75 Å². The lowest BCUT2D eigenvalue weighted by atomic mass is 10.1. The Labute approximate surface area is 201 Å². The Morgan fingerprint density at radius 1 is 1.06 bits per heavy atom. The van der Waals surface area contributed by atoms with E-state index in [1.54, 1.807) is 19.5 Å². The van der Waals surface area contributed by atoms with Crippen molar-refractivity contribution in [3.05, 3.63) is 84.3 Å². The number of aryl methyl sites for hydroxylation is 1. The quantitative estimate of drug-likeness (QED) is 0.243. The van der Waals surface area contributed by atoms with Crippen molar-refractivity contribution < 1.29 is 9.53 Å². The van der Waals surface area contributed by atoms with Gasteiger partial charge in [-0.25, -0.2) is 0 Å². The fourth-order valence-electron chi connectivity index (χ4n) is 3.97. The molecule has 0 aliphatic rings. The second kappa shape index (κ2) is 9.52. The van der Waals surface area contributed by atoms with Gasteiger partial charge in [0.1, 0.15) is 5.75 Å². The standard InChI is InChI=1S/C26H23N5O2S/c1-3-17-5-4-6-21-22(15-28-24(17)21)23(32)16-34-26-30-29-25(18-11-13-27-14-12-18)31(26)19-7-9-20(33-2)10-8-19/h4-15,28H,3,16H2,1-2H3. The van der Waals surface area contributed by atoms with Crippen molar-refractivity contribution >= 4 is 28.4 Å². The number of hydrogen-bond donors (Lipinski definition) is 1. The molecular formula is C26H23N5O2S. The Bertz CT molecular complexity index is 1440. The van der Waals surface area contributed by atoms with Gasteiger partial charge in [-0.15, -0.1) is 10.2 Å². The van der Waals surface area contributed by atoms with Gasteiger partial charge in [-0.3, -0.25) is 14.3 Å². The number of nitrogens with one attached hydrogen (secondary N) is 1. The number of fused-ring (bicyclic) bond motifs is 1. The van der Waals surface area contributed by atoms with E-state index in [1.807, 2.05) is 59.3 Å². The fraction of sp³-hybridized carbons (Fsp3) is 0.154. The predicted molar refractivity (Wildman–Crippen MR) is 134 cm³/mol. The normalized spacial score (nSPS) is 11.1. The summed E-state index contributed by atoms with van der Waals surface area (Å²) in [4.78, 5) is 20.6. The van der Waals surface area contributed by atoms with Crippen LogP contribution in [0.4, 0.5) is 0 Å². The van der Waals surface area contributed by atoms with Gasteiger partial charge in [0.2, 0.25) is 0 Å². The van der Waals surface area contributed by atoms with Crippen molar-refractivity contribution in [1.82, 2.24) is 24.7 Å². The molecule has 0 amide bonds. The molecule has 0 unspecified atom stereocenters. The minimum atomic E-state index is 0.0410. The number of ether oxygens (including phenoxy) is 1. The van der Waals surface area contributed by atoms with Gasteiger partial charge in [0.25, 0.3) is 0 Å². The summed E-state index contributed by atoms with van der Waals surface area (Å²) in [5.41, 5.74) is 4.69. The topological polar surface area (TPSA) is 85.7 Å². The number of aromatic nitrogens is 5. The van der Waals surface area contributed by atoms with Crippen molar-refractivity contribution in [2.75, 3.05) is 12.9 Å². The predicted octanol–water partition coefficient (Wildman–Crippen LogP) is 5.36.